The molecular formula is C16H15ClN2O. The van der Waals surface area contributed by atoms with Crippen LogP contribution in [-0.4, -0.2) is 6.67 Å². The Morgan fingerprint density at radius 2 is 1.80 bits per heavy atom. The van der Waals surface area contributed by atoms with E-state index in [4.69, 9.17) is 16.3 Å². The fraction of sp³-hybridized carbons (Fsp3) is 0.125. The predicted molar refractivity (Wildman–Crippen MR) is 81.8 cm³/mol. The molecule has 3 nitrogen and oxygen atoms in total. The van der Waals surface area contributed by atoms with Gasteiger partial charge in [0.15, 0.2) is 0 Å². The molecule has 2 aromatic carbocycles. The summed E-state index contributed by atoms with van der Waals surface area (Å²) in [6.07, 6.45) is 3.95. The number of halogens is 1. The van der Waals surface area contributed by atoms with Gasteiger partial charge in [-0.15, -0.1) is 0 Å². The first-order valence-corrected chi connectivity index (χ1v) is 6.83. The second-order valence-corrected chi connectivity index (χ2v) is 4.99. The van der Waals surface area contributed by atoms with Crippen LogP contribution in [0.5, 0.6) is 5.75 Å². The predicted octanol–water partition coefficient (Wildman–Crippen LogP) is 3.76. The summed E-state index contributed by atoms with van der Waals surface area (Å²) in [5.41, 5.74) is 2.25. The van der Waals surface area contributed by atoms with Crippen molar-refractivity contribution >= 4 is 17.3 Å². The summed E-state index contributed by atoms with van der Waals surface area (Å²) in [5.74, 6) is 0.861. The van der Waals surface area contributed by atoms with Gasteiger partial charge in [-0.3, -0.25) is 0 Å². The molecule has 102 valence electrons. The summed E-state index contributed by atoms with van der Waals surface area (Å²) >= 11 is 5.85. The third kappa shape index (κ3) is 3.06. The van der Waals surface area contributed by atoms with E-state index < -0.39 is 0 Å². The number of rotatable bonds is 4. The number of hydrogen-bond donors (Lipinski definition) is 1. The number of ether oxygens (including phenoxy) is 1. The Kier molecular flexibility index (Phi) is 3.79. The molecule has 0 aliphatic carbocycles. The summed E-state index contributed by atoms with van der Waals surface area (Å²) in [4.78, 5) is 2.13. The smallest absolute Gasteiger partial charge is 0.119 e. The minimum atomic E-state index is 0.543. The highest BCUT2D eigenvalue weighted by atomic mass is 35.5. The van der Waals surface area contributed by atoms with Crippen molar-refractivity contribution in [2.45, 2.75) is 6.61 Å². The normalized spacial score (nSPS) is 13.3. The van der Waals surface area contributed by atoms with Gasteiger partial charge in [-0.25, -0.2) is 0 Å². The van der Waals surface area contributed by atoms with Crippen LogP contribution in [0.4, 0.5) is 5.69 Å². The van der Waals surface area contributed by atoms with E-state index in [1.807, 2.05) is 48.8 Å². The van der Waals surface area contributed by atoms with E-state index in [1.54, 1.807) is 0 Å². The van der Waals surface area contributed by atoms with Crippen LogP contribution in [0.2, 0.25) is 5.02 Å². The molecule has 0 fully saturated rings. The van der Waals surface area contributed by atoms with Gasteiger partial charge in [0.25, 0.3) is 0 Å². The van der Waals surface area contributed by atoms with Crippen molar-refractivity contribution in [2.24, 2.45) is 0 Å². The Labute approximate surface area is 123 Å². The van der Waals surface area contributed by atoms with Crippen molar-refractivity contribution in [1.29, 1.82) is 0 Å². The molecule has 0 amide bonds. The Morgan fingerprint density at radius 1 is 1.05 bits per heavy atom. The molecule has 0 aromatic heterocycles. The van der Waals surface area contributed by atoms with Gasteiger partial charge in [-0.1, -0.05) is 23.7 Å². The lowest BCUT2D eigenvalue weighted by atomic mass is 10.2. The van der Waals surface area contributed by atoms with Crippen LogP contribution in [0.25, 0.3) is 0 Å². The zero-order valence-corrected chi connectivity index (χ0v) is 11.7. The minimum Gasteiger partial charge on any atom is -0.489 e. The average molecular weight is 287 g/mol. The van der Waals surface area contributed by atoms with Crippen molar-refractivity contribution in [3.63, 3.8) is 0 Å². The first kappa shape index (κ1) is 12.9. The first-order valence-electron chi connectivity index (χ1n) is 6.45. The molecule has 0 bridgehead atoms. The van der Waals surface area contributed by atoms with Gasteiger partial charge in [-0.2, -0.15) is 0 Å². The molecule has 1 aliphatic heterocycles. The van der Waals surface area contributed by atoms with Crippen LogP contribution in [0.1, 0.15) is 5.56 Å². The van der Waals surface area contributed by atoms with Crippen LogP contribution in [0.3, 0.4) is 0 Å². The molecule has 4 heteroatoms. The summed E-state index contributed by atoms with van der Waals surface area (Å²) in [6.45, 7) is 1.35. The van der Waals surface area contributed by atoms with Crippen molar-refractivity contribution in [2.75, 3.05) is 11.6 Å². The molecule has 0 saturated carbocycles. The molecule has 0 atom stereocenters. The van der Waals surface area contributed by atoms with Gasteiger partial charge in [0.05, 0.1) is 6.67 Å². The fourth-order valence-corrected chi connectivity index (χ4v) is 2.13. The molecule has 0 spiro atoms. The highest BCUT2D eigenvalue weighted by Gasteiger charge is 2.06. The lowest BCUT2D eigenvalue weighted by molar-refractivity contribution is 0.306. The van der Waals surface area contributed by atoms with E-state index in [9.17, 15) is 0 Å². The molecule has 1 heterocycles. The van der Waals surface area contributed by atoms with Crippen LogP contribution in [-0.2, 0) is 6.61 Å². The number of benzene rings is 2. The van der Waals surface area contributed by atoms with Gasteiger partial charge in [0.2, 0.25) is 0 Å². The second-order valence-electron chi connectivity index (χ2n) is 4.56. The number of anilines is 1. The van der Waals surface area contributed by atoms with Gasteiger partial charge in [0.1, 0.15) is 12.4 Å². The Balaban J connectivity index is 1.60. The SMILES string of the molecule is Clc1ccc(COc2ccc(N3C=CNC3)cc2)cc1. The second kappa shape index (κ2) is 5.88. The van der Waals surface area contributed by atoms with Crippen molar-refractivity contribution in [1.82, 2.24) is 5.32 Å². The van der Waals surface area contributed by atoms with Gasteiger partial charge >= 0.3 is 0 Å². The van der Waals surface area contributed by atoms with Gasteiger partial charge in [-0.05, 0) is 42.0 Å². The van der Waals surface area contributed by atoms with Gasteiger partial charge in [0, 0.05) is 23.1 Å². The first-order chi connectivity index (χ1) is 9.81. The topological polar surface area (TPSA) is 24.5 Å². The fourth-order valence-electron chi connectivity index (χ4n) is 2.00. The Hall–Kier alpha value is -2.13. The maximum Gasteiger partial charge on any atom is 0.119 e. The lowest BCUT2D eigenvalue weighted by Crippen LogP contribution is -2.19. The highest BCUT2D eigenvalue weighted by Crippen LogP contribution is 2.21. The Bertz CT molecular complexity index is 593. The van der Waals surface area contributed by atoms with Gasteiger partial charge < -0.3 is 15.0 Å². The number of nitrogens with zero attached hydrogens (tertiary/aromatic N) is 1. The third-order valence-corrected chi connectivity index (χ3v) is 3.37. The molecule has 0 unspecified atom stereocenters. The summed E-state index contributed by atoms with van der Waals surface area (Å²) < 4.78 is 5.75. The van der Waals surface area contributed by atoms with E-state index in [0.29, 0.717) is 6.61 Å². The van der Waals surface area contributed by atoms with E-state index in [-0.39, 0.29) is 0 Å². The molecule has 0 saturated heterocycles. The Morgan fingerprint density at radius 3 is 2.45 bits per heavy atom. The van der Waals surface area contributed by atoms with Crippen LogP contribution < -0.4 is 15.0 Å². The van der Waals surface area contributed by atoms with Crippen molar-refractivity contribution in [3.8, 4) is 5.75 Å². The maximum absolute atomic E-state index is 5.85. The van der Waals surface area contributed by atoms with E-state index in [2.05, 4.69) is 22.3 Å². The maximum atomic E-state index is 5.85. The van der Waals surface area contributed by atoms with E-state index in [1.165, 1.54) is 0 Å². The molecule has 2 aromatic rings. The molecule has 1 N–H and O–H groups in total. The molecular weight excluding hydrogens is 272 g/mol. The monoisotopic (exact) mass is 286 g/mol. The zero-order chi connectivity index (χ0) is 13.8. The molecule has 0 radical (unpaired) electrons. The van der Waals surface area contributed by atoms with Crippen molar-refractivity contribution in [3.05, 3.63) is 71.5 Å². The molecule has 20 heavy (non-hydrogen) atoms. The van der Waals surface area contributed by atoms with Crippen LogP contribution in [0.15, 0.2) is 60.9 Å². The highest BCUT2D eigenvalue weighted by molar-refractivity contribution is 6.30. The largest absolute Gasteiger partial charge is 0.489 e. The van der Waals surface area contributed by atoms with E-state index in [0.717, 1.165) is 28.7 Å². The minimum absolute atomic E-state index is 0.543. The number of nitrogens with one attached hydrogen (secondary N) is 1. The third-order valence-electron chi connectivity index (χ3n) is 3.12. The number of hydrogen-bond acceptors (Lipinski definition) is 3. The van der Waals surface area contributed by atoms with E-state index >= 15 is 0 Å². The summed E-state index contributed by atoms with van der Waals surface area (Å²) in [7, 11) is 0. The quantitative estimate of drug-likeness (QED) is 0.926. The lowest BCUT2D eigenvalue weighted by Gasteiger charge is -2.15. The molecule has 3 rings (SSSR count). The summed E-state index contributed by atoms with van der Waals surface area (Å²) in [6, 6.07) is 15.7. The standard InChI is InChI=1S/C16H15ClN2O/c17-14-3-1-13(2-4-14)11-20-16-7-5-15(6-8-16)19-10-9-18-12-19/h1-10,18H,11-12H2. The van der Waals surface area contributed by atoms with Crippen LogP contribution >= 0.6 is 11.6 Å². The van der Waals surface area contributed by atoms with Crippen molar-refractivity contribution < 1.29 is 4.74 Å². The summed E-state index contributed by atoms with van der Waals surface area (Å²) in [5, 5.41) is 3.88. The van der Waals surface area contributed by atoms with Crippen LogP contribution in [0, 0.1) is 0 Å². The average Bonchev–Trinajstić information content (AvgIpc) is 3.01. The zero-order valence-electron chi connectivity index (χ0n) is 10.9. The molecule has 1 aliphatic rings.